The number of anilines is 2. The second-order valence-electron chi connectivity index (χ2n) is 26.5. The standard InChI is InChI=1S/C73H87N13O21.8C2H4/c1-46(2)67(81-73(95)101-103-105-107-106-104-102-100-35-25-75-64(87)23-26-84-65(88)21-22-66(84)89)69(91)80-57(12-10-24-76-72(74)94)68(90)79-51-17-13-47(14-18-51)49-36-53-42-77-58-40-62-60(38-55(58)70(92)85(53)44-49)96-31-8-6-4-5-7-9-32-97-61-39-56-59(41-63(61)99-34-11-33-98-62)78-43-54-37-50(45-86(54)71(56)93)48-15-19-52(20-16-48)83-29-27-82(3)28-30-83;8*1-2/h13-22,38-46,53-54,57,67H,4-12,23-37H2,1-3H3,(H,75,87)(H,79,90)(H,80,91)(H,81,95)(H3,74,76,94);8*1-2H2/t53-,54-,57-,67-;;;;;;;;/m0......../s1. The summed E-state index contributed by atoms with van der Waals surface area (Å²) in [5.41, 5.74) is 12.3. The highest BCUT2D eigenvalue weighted by molar-refractivity contribution is 6.13. The lowest BCUT2D eigenvalue weighted by Crippen LogP contribution is -2.54. The molecule has 0 aromatic heterocycles. The van der Waals surface area contributed by atoms with E-state index in [1.165, 1.54) is 5.69 Å². The van der Waals surface area contributed by atoms with Crippen LogP contribution in [0, 0.1) is 5.92 Å². The summed E-state index contributed by atoms with van der Waals surface area (Å²) >= 11 is 0. The van der Waals surface area contributed by atoms with Gasteiger partial charge in [0.1, 0.15) is 18.7 Å². The third-order valence-corrected chi connectivity index (χ3v) is 18.6. The molecule has 34 nitrogen and oxygen atoms in total. The molecular formula is C89H119N13O21. The number of nitrogens with one attached hydrogen (secondary N) is 5. The molecule has 0 radical (unpaired) electrons. The van der Waals surface area contributed by atoms with Gasteiger partial charge in [0.2, 0.25) is 17.7 Å². The van der Waals surface area contributed by atoms with Crippen LogP contribution in [0.4, 0.5) is 32.3 Å². The Labute approximate surface area is 720 Å². The maximum Gasteiger partial charge on any atom is 0.442 e. The van der Waals surface area contributed by atoms with E-state index in [9.17, 15) is 43.2 Å². The van der Waals surface area contributed by atoms with Crippen molar-refractivity contribution in [2.75, 3.05) is 96.1 Å². The molecule has 4 aromatic carbocycles. The molecule has 0 saturated carbocycles. The molecule has 0 spiro atoms. The molecule has 34 heteroatoms. The van der Waals surface area contributed by atoms with Gasteiger partial charge in [0.25, 0.3) is 23.6 Å². The van der Waals surface area contributed by atoms with Crippen molar-refractivity contribution in [3.05, 3.63) is 225 Å². The molecule has 7 N–H and O–H groups in total. The Morgan fingerprint density at radius 1 is 0.537 bits per heavy atom. The van der Waals surface area contributed by atoms with Crippen molar-refractivity contribution in [3.8, 4) is 23.0 Å². The van der Waals surface area contributed by atoms with E-state index in [2.05, 4.69) is 213 Å². The molecule has 4 atom stereocenters. The average molecular weight is 1710 g/mol. The Morgan fingerprint density at radius 2 is 0.992 bits per heavy atom. The number of carbonyl (C=O) groups is 9. The number of nitrogens with two attached hydrogens (primary N) is 1. The van der Waals surface area contributed by atoms with Gasteiger partial charge in [0, 0.05) is 147 Å². The average Bonchev–Trinajstić information content (AvgIpc) is 1.56. The summed E-state index contributed by atoms with van der Waals surface area (Å²) in [6.07, 6.45) is 15.2. The first-order valence-corrected chi connectivity index (χ1v) is 39.6. The zero-order valence-corrected chi connectivity index (χ0v) is 70.8. The molecule has 1 fully saturated rings. The monoisotopic (exact) mass is 1710 g/mol. The van der Waals surface area contributed by atoms with E-state index in [1.54, 1.807) is 84.6 Å². The van der Waals surface area contributed by atoms with Gasteiger partial charge in [0.05, 0.1) is 61.0 Å². The molecule has 666 valence electrons. The summed E-state index contributed by atoms with van der Waals surface area (Å²) in [5.74, 6) is -2.17. The van der Waals surface area contributed by atoms with Gasteiger partial charge in [-0.05, 0) is 112 Å². The first-order chi connectivity index (χ1) is 59.9. The number of amides is 10. The zero-order chi connectivity index (χ0) is 91.2. The second kappa shape index (κ2) is 58.9. The highest BCUT2D eigenvalue weighted by Crippen LogP contribution is 2.43. The lowest BCUT2D eigenvalue weighted by molar-refractivity contribution is -0.809. The maximum atomic E-state index is 14.6. The molecule has 1 saturated heterocycles. The number of carbonyl (C=O) groups excluding carboxylic acids is 9. The Kier molecular flexibility index (Phi) is 49.9. The van der Waals surface area contributed by atoms with Crippen LogP contribution in [0.3, 0.4) is 0 Å². The van der Waals surface area contributed by atoms with Gasteiger partial charge in [-0.1, -0.05) is 63.8 Å². The Morgan fingerprint density at radius 3 is 1.48 bits per heavy atom. The smallest absolute Gasteiger partial charge is 0.442 e. The number of rotatable bonds is 26. The van der Waals surface area contributed by atoms with Gasteiger partial charge in [-0.2, -0.15) is 0 Å². The van der Waals surface area contributed by atoms with Gasteiger partial charge in [0.15, 0.2) is 23.0 Å². The Hall–Kier alpha value is -12.9. The van der Waals surface area contributed by atoms with Crippen molar-refractivity contribution in [1.82, 2.24) is 40.9 Å². The summed E-state index contributed by atoms with van der Waals surface area (Å²) in [7, 11) is 2.15. The van der Waals surface area contributed by atoms with Crippen LogP contribution >= 0.6 is 0 Å². The van der Waals surface area contributed by atoms with Crippen LogP contribution in [0.15, 0.2) is 213 Å². The minimum Gasteiger partial charge on any atom is -0.490 e. The molecule has 10 amide bonds. The second-order valence-corrected chi connectivity index (χ2v) is 26.5. The number of hydrogen-bond donors (Lipinski definition) is 6. The zero-order valence-electron chi connectivity index (χ0n) is 70.8. The number of hydrogen-bond acceptors (Lipinski definition) is 25. The minimum absolute atomic E-state index is 0.0179. The van der Waals surface area contributed by atoms with Crippen LogP contribution in [-0.4, -0.2) is 196 Å². The molecule has 0 aliphatic carbocycles. The fourth-order valence-corrected chi connectivity index (χ4v) is 12.8. The van der Waals surface area contributed by atoms with Crippen LogP contribution in [0.5, 0.6) is 23.0 Å². The van der Waals surface area contributed by atoms with Gasteiger partial charge < -0.3 is 70.9 Å². The molecule has 0 unspecified atom stereocenters. The summed E-state index contributed by atoms with van der Waals surface area (Å²) in [6, 6.07) is 18.6. The summed E-state index contributed by atoms with van der Waals surface area (Å²) in [6.45, 7) is 56.2. The molecule has 7 aliphatic heterocycles. The van der Waals surface area contributed by atoms with E-state index >= 15 is 0 Å². The SMILES string of the molecule is C=C.C=C.C=C.C=C.C=C.C=C.C=C.C=C.CC(C)[C@H](NC(=O)OOOOOOOOCCNC(=O)CCN1C(=O)C=CC1=O)C(=O)N[C@@H](CCCNC(N)=O)C(=O)Nc1ccc(C2=CN3C(=O)c4cc5c(cc4N=C[C@@H]3C2)OCCCOc2cc3c(cc2OCCCCCCCCO5)C(=O)N2C=C(c4ccc(N5CCN(C)CC5)cc4)C[C@H]2C=N3)cc1. The predicted octanol–water partition coefficient (Wildman–Crippen LogP) is 13.3. The van der Waals surface area contributed by atoms with Crippen LogP contribution in [0.1, 0.15) is 123 Å². The quantitative estimate of drug-likeness (QED) is 0.0112. The van der Waals surface area contributed by atoms with E-state index in [1.807, 2.05) is 12.4 Å². The van der Waals surface area contributed by atoms with E-state index in [0.29, 0.717) is 83.7 Å². The highest BCUT2D eigenvalue weighted by atomic mass is 17.9. The number of imide groups is 1. The molecule has 4 aromatic rings. The van der Waals surface area contributed by atoms with Crippen LogP contribution in [0.25, 0.3) is 11.1 Å². The number of fused-ring (bicyclic) bond motifs is 6. The van der Waals surface area contributed by atoms with Gasteiger partial charge in [-0.25, -0.2) is 19.4 Å². The molecular weight excluding hydrogens is 1590 g/mol. The third-order valence-electron chi connectivity index (χ3n) is 18.6. The number of piperazine rings is 1. The first kappa shape index (κ1) is 104. The highest BCUT2D eigenvalue weighted by Gasteiger charge is 2.37. The van der Waals surface area contributed by atoms with Crippen molar-refractivity contribution < 1.29 is 102 Å². The van der Waals surface area contributed by atoms with Crippen molar-refractivity contribution >= 4 is 99.8 Å². The topological polar surface area (TPSA) is 391 Å². The molecule has 7 heterocycles. The molecule has 7 aliphatic rings. The number of nitrogens with zero attached hydrogens (tertiary/aromatic N) is 7. The van der Waals surface area contributed by atoms with E-state index in [-0.39, 0.29) is 76.6 Å². The van der Waals surface area contributed by atoms with Crippen LogP contribution in [0.2, 0.25) is 0 Å². The fraction of sp³-hybridized carbons (Fsp3) is 0.360. The van der Waals surface area contributed by atoms with Gasteiger partial charge in [-0.3, -0.25) is 48.4 Å². The minimum atomic E-state index is -1.35. The lowest BCUT2D eigenvalue weighted by Gasteiger charge is -2.34. The summed E-state index contributed by atoms with van der Waals surface area (Å²) in [4.78, 5) is 144. The Balaban J connectivity index is 0.00000231. The van der Waals surface area contributed by atoms with Gasteiger partial charge in [-0.15, -0.1) is 105 Å². The van der Waals surface area contributed by atoms with E-state index in [0.717, 1.165) is 104 Å². The maximum absolute atomic E-state index is 14.6. The van der Waals surface area contributed by atoms with E-state index in [4.69, 9.17) is 34.7 Å². The van der Waals surface area contributed by atoms with Crippen LogP contribution in [-0.2, 0) is 64.0 Å². The number of likely N-dealkylation sites (N-methyl/N-ethyl adjacent to an activating group) is 1. The number of urea groups is 1. The molecule has 11 rings (SSSR count). The number of aliphatic imine (C=N–C) groups is 2. The Bertz CT molecular complexity index is 4150. The molecule has 123 heavy (non-hydrogen) atoms. The fourth-order valence-electron chi connectivity index (χ4n) is 12.8. The summed E-state index contributed by atoms with van der Waals surface area (Å²) < 4.78 is 25.6. The third kappa shape index (κ3) is 32.9. The molecule has 0 bridgehead atoms. The predicted molar refractivity (Wildman–Crippen MR) is 473 cm³/mol. The van der Waals surface area contributed by atoms with Crippen molar-refractivity contribution in [2.24, 2.45) is 21.6 Å². The first-order valence-electron chi connectivity index (χ1n) is 39.6. The van der Waals surface area contributed by atoms with E-state index < -0.39 is 65.7 Å². The van der Waals surface area contributed by atoms with Crippen molar-refractivity contribution in [2.45, 2.75) is 115 Å². The summed E-state index contributed by atoms with van der Waals surface area (Å²) in [5, 5.41) is 37.0. The van der Waals surface area contributed by atoms with Crippen molar-refractivity contribution in [1.29, 1.82) is 0 Å². The van der Waals surface area contributed by atoms with Gasteiger partial charge >= 0.3 is 12.1 Å². The van der Waals surface area contributed by atoms with Crippen molar-refractivity contribution in [3.63, 3.8) is 0 Å². The number of benzene rings is 4. The number of ether oxygens (including phenoxy) is 4. The van der Waals surface area contributed by atoms with Crippen LogP contribution < -0.4 is 56.2 Å². The normalized spacial score (nSPS) is 16.6. The lowest BCUT2D eigenvalue weighted by atomic mass is 10.0. The largest absolute Gasteiger partial charge is 0.490 e. The number of primary amides is 1.